The second-order valence-electron chi connectivity index (χ2n) is 6.66. The third-order valence-electron chi connectivity index (χ3n) is 4.49. The van der Waals surface area contributed by atoms with Crippen molar-refractivity contribution in [1.29, 1.82) is 0 Å². The van der Waals surface area contributed by atoms with Gasteiger partial charge in [0, 0.05) is 24.6 Å². The molecule has 8 heteroatoms. The summed E-state index contributed by atoms with van der Waals surface area (Å²) in [5.74, 6) is 1.52. The molecular formula is C21H20N4O3S. The molecule has 0 aliphatic rings. The number of aromatic nitrogens is 3. The SMILES string of the molecule is COc1ccc(Cc2nc3c(Nc4ccc(S(C)(=O)=O)cc4)cccn3n2)cc1. The van der Waals surface area contributed by atoms with Crippen LogP contribution in [0.15, 0.2) is 71.8 Å². The van der Waals surface area contributed by atoms with E-state index in [-0.39, 0.29) is 4.90 Å². The molecule has 0 unspecified atom stereocenters. The molecule has 0 saturated heterocycles. The lowest BCUT2D eigenvalue weighted by molar-refractivity contribution is 0.414. The Hall–Kier alpha value is -3.39. The Morgan fingerprint density at radius 3 is 2.41 bits per heavy atom. The average molecular weight is 408 g/mol. The van der Waals surface area contributed by atoms with Gasteiger partial charge in [-0.25, -0.2) is 17.9 Å². The van der Waals surface area contributed by atoms with E-state index in [4.69, 9.17) is 4.74 Å². The van der Waals surface area contributed by atoms with Crippen molar-refractivity contribution in [2.75, 3.05) is 18.7 Å². The number of nitrogens with zero attached hydrogens (tertiary/aromatic N) is 3. The molecule has 4 aromatic rings. The first kappa shape index (κ1) is 18.9. The molecular weight excluding hydrogens is 388 g/mol. The van der Waals surface area contributed by atoms with Crippen molar-refractivity contribution < 1.29 is 13.2 Å². The van der Waals surface area contributed by atoms with E-state index in [1.54, 1.807) is 35.9 Å². The van der Waals surface area contributed by atoms with Gasteiger partial charge in [-0.05, 0) is 54.1 Å². The number of hydrogen-bond acceptors (Lipinski definition) is 6. The number of benzene rings is 2. The minimum atomic E-state index is -3.22. The summed E-state index contributed by atoms with van der Waals surface area (Å²) in [6.07, 6.45) is 3.64. The van der Waals surface area contributed by atoms with Gasteiger partial charge in [-0.2, -0.15) is 5.10 Å². The van der Waals surface area contributed by atoms with Crippen molar-refractivity contribution in [3.05, 3.63) is 78.2 Å². The van der Waals surface area contributed by atoms with Gasteiger partial charge in [-0.3, -0.25) is 0 Å². The number of anilines is 2. The van der Waals surface area contributed by atoms with Crippen molar-refractivity contribution in [2.24, 2.45) is 0 Å². The highest BCUT2D eigenvalue weighted by molar-refractivity contribution is 7.90. The number of fused-ring (bicyclic) bond motifs is 1. The predicted octanol–water partition coefficient (Wildman–Crippen LogP) is 3.48. The average Bonchev–Trinajstić information content (AvgIpc) is 3.12. The van der Waals surface area contributed by atoms with E-state index in [1.165, 1.54) is 6.26 Å². The standard InChI is InChI=1S/C21H20N4O3S/c1-28-17-9-5-15(6-10-17)14-20-23-21-19(4-3-13-25(21)24-20)22-16-7-11-18(12-8-16)29(2,26)27/h3-13,22H,14H2,1-2H3. The highest BCUT2D eigenvalue weighted by Gasteiger charge is 2.10. The summed E-state index contributed by atoms with van der Waals surface area (Å²) in [4.78, 5) is 4.95. The van der Waals surface area contributed by atoms with Crippen molar-refractivity contribution >= 4 is 26.9 Å². The van der Waals surface area contributed by atoms with E-state index >= 15 is 0 Å². The Morgan fingerprint density at radius 1 is 1.03 bits per heavy atom. The number of methoxy groups -OCH3 is 1. The molecule has 1 N–H and O–H groups in total. The maximum Gasteiger partial charge on any atom is 0.179 e. The van der Waals surface area contributed by atoms with Crippen LogP contribution in [0.1, 0.15) is 11.4 Å². The summed E-state index contributed by atoms with van der Waals surface area (Å²) in [5, 5.41) is 7.84. The molecule has 2 aromatic carbocycles. The zero-order chi connectivity index (χ0) is 20.4. The molecule has 0 fully saturated rings. The molecule has 7 nitrogen and oxygen atoms in total. The largest absolute Gasteiger partial charge is 0.497 e. The van der Waals surface area contributed by atoms with Crippen LogP contribution in [0.4, 0.5) is 11.4 Å². The second kappa shape index (κ2) is 7.56. The Kier molecular flexibility index (Phi) is 4.94. The van der Waals surface area contributed by atoms with E-state index in [1.807, 2.05) is 42.6 Å². The number of rotatable bonds is 6. The highest BCUT2D eigenvalue weighted by atomic mass is 32.2. The van der Waals surface area contributed by atoms with Gasteiger partial charge < -0.3 is 10.1 Å². The third kappa shape index (κ3) is 4.22. The zero-order valence-corrected chi connectivity index (χ0v) is 16.8. The molecule has 0 aliphatic heterocycles. The summed E-state index contributed by atoms with van der Waals surface area (Å²) < 4.78 is 30.2. The second-order valence-corrected chi connectivity index (χ2v) is 8.68. The molecule has 29 heavy (non-hydrogen) atoms. The van der Waals surface area contributed by atoms with E-state index in [9.17, 15) is 8.42 Å². The first-order valence-corrected chi connectivity index (χ1v) is 10.9. The van der Waals surface area contributed by atoms with Crippen molar-refractivity contribution in [3.8, 4) is 5.75 Å². The van der Waals surface area contributed by atoms with Crippen LogP contribution in [0, 0.1) is 0 Å². The van der Waals surface area contributed by atoms with E-state index in [2.05, 4.69) is 15.4 Å². The number of pyridine rings is 1. The van der Waals surface area contributed by atoms with Gasteiger partial charge in [0.15, 0.2) is 21.3 Å². The van der Waals surface area contributed by atoms with E-state index in [0.717, 1.165) is 22.7 Å². The Labute approximate surface area is 168 Å². The maximum atomic E-state index is 11.6. The van der Waals surface area contributed by atoms with Crippen LogP contribution in [0.3, 0.4) is 0 Å². The molecule has 0 bridgehead atoms. The van der Waals surface area contributed by atoms with Gasteiger partial charge in [0.25, 0.3) is 0 Å². The topological polar surface area (TPSA) is 85.6 Å². The predicted molar refractivity (Wildman–Crippen MR) is 112 cm³/mol. The minimum absolute atomic E-state index is 0.283. The molecule has 4 rings (SSSR count). The minimum Gasteiger partial charge on any atom is -0.497 e. The van der Waals surface area contributed by atoms with Crippen LogP contribution in [0.5, 0.6) is 5.75 Å². The smallest absolute Gasteiger partial charge is 0.179 e. The number of hydrogen-bond donors (Lipinski definition) is 1. The van der Waals surface area contributed by atoms with Gasteiger partial charge in [0.05, 0.1) is 17.7 Å². The lowest BCUT2D eigenvalue weighted by Crippen LogP contribution is -1.98. The summed E-state index contributed by atoms with van der Waals surface area (Å²) >= 11 is 0. The fourth-order valence-electron chi connectivity index (χ4n) is 2.99. The molecule has 0 radical (unpaired) electrons. The van der Waals surface area contributed by atoms with Crippen molar-refractivity contribution in [1.82, 2.24) is 14.6 Å². The maximum absolute atomic E-state index is 11.6. The number of nitrogens with one attached hydrogen (secondary N) is 1. The molecule has 0 aliphatic carbocycles. The summed E-state index contributed by atoms with van der Waals surface area (Å²) in [5.41, 5.74) is 3.34. The summed E-state index contributed by atoms with van der Waals surface area (Å²) in [6, 6.07) is 18.2. The summed E-state index contributed by atoms with van der Waals surface area (Å²) in [6.45, 7) is 0. The third-order valence-corrected chi connectivity index (χ3v) is 5.62. The van der Waals surface area contributed by atoms with Gasteiger partial charge in [0.2, 0.25) is 0 Å². The molecule has 2 aromatic heterocycles. The van der Waals surface area contributed by atoms with E-state index < -0.39 is 9.84 Å². The molecule has 0 saturated carbocycles. The monoisotopic (exact) mass is 408 g/mol. The Morgan fingerprint density at radius 2 is 1.76 bits per heavy atom. The molecule has 0 atom stereocenters. The van der Waals surface area contributed by atoms with Gasteiger partial charge >= 0.3 is 0 Å². The summed E-state index contributed by atoms with van der Waals surface area (Å²) in [7, 11) is -1.58. The van der Waals surface area contributed by atoms with Crippen LogP contribution in [0.25, 0.3) is 5.65 Å². The number of sulfone groups is 1. The fourth-order valence-corrected chi connectivity index (χ4v) is 3.62. The van der Waals surface area contributed by atoms with Crippen LogP contribution in [-0.2, 0) is 16.3 Å². The van der Waals surface area contributed by atoms with Crippen molar-refractivity contribution in [3.63, 3.8) is 0 Å². The van der Waals surface area contributed by atoms with Gasteiger partial charge in [0.1, 0.15) is 5.75 Å². The fraction of sp³-hybridized carbons (Fsp3) is 0.143. The molecule has 0 amide bonds. The first-order valence-electron chi connectivity index (χ1n) is 8.97. The first-order chi connectivity index (χ1) is 13.9. The molecule has 0 spiro atoms. The van der Waals surface area contributed by atoms with Crippen molar-refractivity contribution in [2.45, 2.75) is 11.3 Å². The van der Waals surface area contributed by atoms with Gasteiger partial charge in [-0.1, -0.05) is 12.1 Å². The molecule has 2 heterocycles. The van der Waals surface area contributed by atoms with Crippen LogP contribution in [0.2, 0.25) is 0 Å². The highest BCUT2D eigenvalue weighted by Crippen LogP contribution is 2.23. The number of ether oxygens (including phenoxy) is 1. The zero-order valence-electron chi connectivity index (χ0n) is 16.0. The lowest BCUT2D eigenvalue weighted by Gasteiger charge is -2.07. The van der Waals surface area contributed by atoms with Crippen LogP contribution < -0.4 is 10.1 Å². The van der Waals surface area contributed by atoms with Crippen LogP contribution in [-0.4, -0.2) is 36.4 Å². The Balaban J connectivity index is 1.59. The normalized spacial score (nSPS) is 11.5. The Bertz CT molecular complexity index is 1250. The van der Waals surface area contributed by atoms with Crippen LogP contribution >= 0.6 is 0 Å². The quantitative estimate of drug-likeness (QED) is 0.526. The molecule has 148 valence electrons. The van der Waals surface area contributed by atoms with E-state index in [0.29, 0.717) is 17.9 Å². The van der Waals surface area contributed by atoms with Gasteiger partial charge in [-0.15, -0.1) is 0 Å². The lowest BCUT2D eigenvalue weighted by atomic mass is 10.1.